The fourth-order valence-corrected chi connectivity index (χ4v) is 2.31. The van der Waals surface area contributed by atoms with Gasteiger partial charge in [0, 0.05) is 12.1 Å². The Hall–Kier alpha value is -3.35. The standard InChI is InChI=1S/C19H15F2NO4/c1-24-13-9-14(20)18(15(21)10-13)19(23)22-16-6-2-3-7-17(16)26-11-12-5-4-8-25-12/h2-10H,11H2,1H3,(H,22,23). The number of halogens is 2. The van der Waals surface area contributed by atoms with Gasteiger partial charge in [0.05, 0.1) is 19.1 Å². The van der Waals surface area contributed by atoms with Gasteiger partial charge in [-0.05, 0) is 24.3 Å². The molecule has 3 rings (SSSR count). The molecule has 26 heavy (non-hydrogen) atoms. The molecule has 0 atom stereocenters. The van der Waals surface area contributed by atoms with E-state index < -0.39 is 23.1 Å². The Morgan fingerprint density at radius 1 is 1.12 bits per heavy atom. The molecule has 0 fully saturated rings. The number of hydrogen-bond acceptors (Lipinski definition) is 4. The van der Waals surface area contributed by atoms with Gasteiger partial charge in [-0.25, -0.2) is 8.78 Å². The Bertz CT molecular complexity index is 887. The minimum Gasteiger partial charge on any atom is -0.497 e. The summed E-state index contributed by atoms with van der Waals surface area (Å²) >= 11 is 0. The van der Waals surface area contributed by atoms with Crippen LogP contribution in [-0.4, -0.2) is 13.0 Å². The molecular weight excluding hydrogens is 344 g/mol. The zero-order valence-corrected chi connectivity index (χ0v) is 13.8. The van der Waals surface area contributed by atoms with Crippen LogP contribution >= 0.6 is 0 Å². The molecule has 3 aromatic rings. The lowest BCUT2D eigenvalue weighted by molar-refractivity contribution is 0.101. The number of ether oxygens (including phenoxy) is 2. The first-order valence-corrected chi connectivity index (χ1v) is 7.67. The first kappa shape index (κ1) is 17.5. The molecule has 1 aromatic heterocycles. The van der Waals surface area contributed by atoms with Gasteiger partial charge >= 0.3 is 0 Å². The second-order valence-electron chi connectivity index (χ2n) is 5.28. The fraction of sp³-hybridized carbons (Fsp3) is 0.105. The molecule has 5 nitrogen and oxygen atoms in total. The number of hydrogen-bond donors (Lipinski definition) is 1. The van der Waals surface area contributed by atoms with Crippen molar-refractivity contribution in [2.24, 2.45) is 0 Å². The van der Waals surface area contributed by atoms with Crippen molar-refractivity contribution in [3.05, 3.63) is 77.8 Å². The van der Waals surface area contributed by atoms with E-state index in [0.29, 0.717) is 11.5 Å². The van der Waals surface area contributed by atoms with Gasteiger partial charge in [0.2, 0.25) is 0 Å². The van der Waals surface area contributed by atoms with Gasteiger partial charge in [0.1, 0.15) is 41.1 Å². The number of nitrogens with one attached hydrogen (secondary N) is 1. The maximum absolute atomic E-state index is 14.1. The van der Waals surface area contributed by atoms with Crippen molar-refractivity contribution in [2.75, 3.05) is 12.4 Å². The van der Waals surface area contributed by atoms with Gasteiger partial charge in [-0.15, -0.1) is 0 Å². The van der Waals surface area contributed by atoms with Crippen LogP contribution < -0.4 is 14.8 Å². The normalized spacial score (nSPS) is 10.4. The van der Waals surface area contributed by atoms with Crippen LogP contribution in [0.4, 0.5) is 14.5 Å². The number of carbonyl (C=O) groups is 1. The molecule has 1 amide bonds. The summed E-state index contributed by atoms with van der Waals surface area (Å²) in [6.45, 7) is 0.144. The molecule has 0 aliphatic rings. The highest BCUT2D eigenvalue weighted by Gasteiger charge is 2.20. The first-order chi connectivity index (χ1) is 12.6. The number of anilines is 1. The molecule has 0 aliphatic carbocycles. The predicted molar refractivity (Wildman–Crippen MR) is 90.3 cm³/mol. The Morgan fingerprint density at radius 2 is 1.85 bits per heavy atom. The maximum atomic E-state index is 14.1. The van der Waals surface area contributed by atoms with E-state index in [2.05, 4.69) is 5.32 Å². The molecule has 0 unspecified atom stereocenters. The van der Waals surface area contributed by atoms with Gasteiger partial charge in [-0.3, -0.25) is 4.79 Å². The van der Waals surface area contributed by atoms with Crippen LogP contribution in [0.2, 0.25) is 0 Å². The molecule has 0 saturated heterocycles. The number of amides is 1. The van der Waals surface area contributed by atoms with Gasteiger partial charge in [0.25, 0.3) is 5.91 Å². The van der Waals surface area contributed by atoms with Crippen LogP contribution in [0, 0.1) is 11.6 Å². The zero-order chi connectivity index (χ0) is 18.5. The van der Waals surface area contributed by atoms with E-state index in [9.17, 15) is 13.6 Å². The van der Waals surface area contributed by atoms with Crippen molar-refractivity contribution >= 4 is 11.6 Å². The van der Waals surface area contributed by atoms with E-state index in [1.807, 2.05) is 0 Å². The van der Waals surface area contributed by atoms with Crippen molar-refractivity contribution in [1.82, 2.24) is 0 Å². The first-order valence-electron chi connectivity index (χ1n) is 7.67. The Kier molecular flexibility index (Phi) is 5.17. The highest BCUT2D eigenvalue weighted by atomic mass is 19.1. The predicted octanol–water partition coefficient (Wildman–Crippen LogP) is 4.40. The lowest BCUT2D eigenvalue weighted by Gasteiger charge is -2.13. The highest BCUT2D eigenvalue weighted by Crippen LogP contribution is 2.27. The Labute approximate surface area is 148 Å². The van der Waals surface area contributed by atoms with Crippen molar-refractivity contribution in [2.45, 2.75) is 6.61 Å². The van der Waals surface area contributed by atoms with Gasteiger partial charge < -0.3 is 19.2 Å². The van der Waals surface area contributed by atoms with Crippen molar-refractivity contribution in [3.63, 3.8) is 0 Å². The van der Waals surface area contributed by atoms with E-state index >= 15 is 0 Å². The molecule has 0 bridgehead atoms. The number of furan rings is 1. The van der Waals surface area contributed by atoms with Crippen LogP contribution in [0.5, 0.6) is 11.5 Å². The number of benzene rings is 2. The van der Waals surface area contributed by atoms with E-state index in [1.54, 1.807) is 36.4 Å². The van der Waals surface area contributed by atoms with E-state index in [-0.39, 0.29) is 18.0 Å². The third-order valence-corrected chi connectivity index (χ3v) is 3.56. The van der Waals surface area contributed by atoms with Crippen LogP contribution in [0.1, 0.15) is 16.1 Å². The van der Waals surface area contributed by atoms with Crippen molar-refractivity contribution in [3.8, 4) is 11.5 Å². The van der Waals surface area contributed by atoms with E-state index in [0.717, 1.165) is 12.1 Å². The Balaban J connectivity index is 1.80. The second kappa shape index (κ2) is 7.69. The highest BCUT2D eigenvalue weighted by molar-refractivity contribution is 6.05. The average molecular weight is 359 g/mol. The molecule has 0 radical (unpaired) electrons. The summed E-state index contributed by atoms with van der Waals surface area (Å²) in [5.41, 5.74) is -0.426. The van der Waals surface area contributed by atoms with Gasteiger partial charge in [-0.1, -0.05) is 12.1 Å². The van der Waals surface area contributed by atoms with Gasteiger partial charge in [-0.2, -0.15) is 0 Å². The number of carbonyl (C=O) groups excluding carboxylic acids is 1. The minimum atomic E-state index is -1.02. The van der Waals surface area contributed by atoms with Crippen LogP contribution in [-0.2, 0) is 6.61 Å². The molecule has 0 spiro atoms. The summed E-state index contributed by atoms with van der Waals surface area (Å²) in [5, 5.41) is 2.46. The lowest BCUT2D eigenvalue weighted by atomic mass is 10.1. The number of methoxy groups -OCH3 is 1. The maximum Gasteiger partial charge on any atom is 0.261 e. The van der Waals surface area contributed by atoms with Crippen LogP contribution in [0.25, 0.3) is 0 Å². The molecular formula is C19H15F2NO4. The second-order valence-corrected chi connectivity index (χ2v) is 5.28. The monoisotopic (exact) mass is 359 g/mol. The molecule has 0 aliphatic heterocycles. The number of para-hydroxylation sites is 2. The molecule has 2 aromatic carbocycles. The molecule has 134 valence electrons. The molecule has 7 heteroatoms. The van der Waals surface area contributed by atoms with Crippen molar-refractivity contribution < 1.29 is 27.5 Å². The van der Waals surface area contributed by atoms with Gasteiger partial charge in [0.15, 0.2) is 0 Å². The summed E-state index contributed by atoms with van der Waals surface area (Å²) in [6.07, 6.45) is 1.52. The topological polar surface area (TPSA) is 60.7 Å². The summed E-state index contributed by atoms with van der Waals surface area (Å²) in [7, 11) is 1.28. The third kappa shape index (κ3) is 3.83. The number of rotatable bonds is 6. The van der Waals surface area contributed by atoms with Crippen molar-refractivity contribution in [1.29, 1.82) is 0 Å². The quantitative estimate of drug-likeness (QED) is 0.709. The lowest BCUT2D eigenvalue weighted by Crippen LogP contribution is -2.16. The molecule has 0 saturated carbocycles. The molecule has 1 heterocycles. The minimum absolute atomic E-state index is 0.0151. The van der Waals surface area contributed by atoms with Crippen LogP contribution in [0.15, 0.2) is 59.2 Å². The fourth-order valence-electron chi connectivity index (χ4n) is 2.31. The summed E-state index contributed by atoms with van der Waals surface area (Å²) in [6, 6.07) is 11.9. The third-order valence-electron chi connectivity index (χ3n) is 3.56. The van der Waals surface area contributed by atoms with Crippen LogP contribution in [0.3, 0.4) is 0 Å². The summed E-state index contributed by atoms with van der Waals surface area (Å²) in [4.78, 5) is 12.3. The smallest absolute Gasteiger partial charge is 0.261 e. The summed E-state index contributed by atoms with van der Waals surface area (Å²) < 4.78 is 43.7. The largest absolute Gasteiger partial charge is 0.497 e. The molecule has 1 N–H and O–H groups in total. The SMILES string of the molecule is COc1cc(F)c(C(=O)Nc2ccccc2OCc2ccco2)c(F)c1. The Morgan fingerprint density at radius 3 is 2.50 bits per heavy atom. The average Bonchev–Trinajstić information content (AvgIpc) is 3.13. The zero-order valence-electron chi connectivity index (χ0n) is 13.8. The van der Waals surface area contributed by atoms with E-state index in [1.165, 1.54) is 13.4 Å². The van der Waals surface area contributed by atoms with E-state index in [4.69, 9.17) is 13.9 Å². The summed E-state index contributed by atoms with van der Waals surface area (Å²) in [5.74, 6) is -2.05.